The van der Waals surface area contributed by atoms with Crippen molar-refractivity contribution in [2.45, 2.75) is 49.9 Å². The Bertz CT molecular complexity index is 877. The molecule has 5 rings (SSSR count). The fourth-order valence-electron chi connectivity index (χ4n) is 4.06. The van der Waals surface area contributed by atoms with Crippen LogP contribution in [0.3, 0.4) is 0 Å². The number of carbonyl (C=O) groups excluding carboxylic acids is 1. The van der Waals surface area contributed by atoms with E-state index in [1.807, 2.05) is 36.4 Å². The summed E-state index contributed by atoms with van der Waals surface area (Å²) in [6.45, 7) is 2.65. The van der Waals surface area contributed by atoms with Crippen molar-refractivity contribution in [2.24, 2.45) is 0 Å². The lowest BCUT2D eigenvalue weighted by Gasteiger charge is -2.37. The summed E-state index contributed by atoms with van der Waals surface area (Å²) >= 11 is 0. The fourth-order valence-corrected chi connectivity index (χ4v) is 4.06. The Kier molecular flexibility index (Phi) is 5.83. The summed E-state index contributed by atoms with van der Waals surface area (Å²) in [5.74, 6) is 1.24. The molecule has 0 spiro atoms. The normalized spacial score (nSPS) is 23.6. The average molecular weight is 424 g/mol. The minimum absolute atomic E-state index is 0.203. The van der Waals surface area contributed by atoms with Crippen LogP contribution in [-0.4, -0.2) is 44.6 Å². The molecule has 1 aliphatic carbocycles. The second-order valence-corrected chi connectivity index (χ2v) is 8.53. The molecule has 3 fully saturated rings. The molecule has 0 N–H and O–H groups in total. The van der Waals surface area contributed by atoms with Crippen molar-refractivity contribution >= 4 is 5.97 Å². The van der Waals surface area contributed by atoms with Gasteiger partial charge in [0.15, 0.2) is 0 Å². The molecule has 2 aromatic rings. The van der Waals surface area contributed by atoms with Gasteiger partial charge in [0.1, 0.15) is 42.5 Å². The molecule has 2 saturated heterocycles. The van der Waals surface area contributed by atoms with Gasteiger partial charge in [-0.15, -0.1) is 0 Å². The number of benzene rings is 2. The third-order valence-corrected chi connectivity index (χ3v) is 6.10. The van der Waals surface area contributed by atoms with Crippen LogP contribution in [0, 0.1) is 0 Å². The zero-order chi connectivity index (χ0) is 21.1. The predicted octanol–water partition coefficient (Wildman–Crippen LogP) is 4.26. The van der Waals surface area contributed by atoms with Crippen LogP contribution in [0.4, 0.5) is 0 Å². The standard InChI is InChI=1S/C25H28O6/c26-24(18-4-8-20(9-5-18)27-14-22-16-29-22)31-25(12-2-1-3-13-25)19-6-10-21(11-7-19)28-15-23-17-30-23/h4-11,22-23H,1-3,12-17H2. The van der Waals surface area contributed by atoms with Crippen LogP contribution in [0.15, 0.2) is 48.5 Å². The molecule has 3 aliphatic rings. The lowest BCUT2D eigenvalue weighted by molar-refractivity contribution is -0.0417. The van der Waals surface area contributed by atoms with E-state index < -0.39 is 5.60 Å². The van der Waals surface area contributed by atoms with Gasteiger partial charge in [-0.05, 0) is 67.6 Å². The molecule has 0 aromatic heterocycles. The van der Waals surface area contributed by atoms with E-state index >= 15 is 0 Å². The van der Waals surface area contributed by atoms with Crippen molar-refractivity contribution in [3.05, 3.63) is 59.7 Å². The van der Waals surface area contributed by atoms with Gasteiger partial charge >= 0.3 is 5.97 Å². The predicted molar refractivity (Wildman–Crippen MR) is 114 cm³/mol. The maximum absolute atomic E-state index is 13.0. The van der Waals surface area contributed by atoms with E-state index in [2.05, 4.69) is 0 Å². The molecule has 2 aliphatic heterocycles. The Hall–Kier alpha value is -2.57. The summed E-state index contributed by atoms with van der Waals surface area (Å²) < 4.78 is 27.9. The van der Waals surface area contributed by atoms with Crippen LogP contribution in [-0.2, 0) is 19.8 Å². The SMILES string of the molecule is O=C(OC1(c2ccc(OCC3CO3)cc2)CCCCC1)c1ccc(OCC2CO2)cc1. The zero-order valence-corrected chi connectivity index (χ0v) is 17.6. The number of hydrogen-bond donors (Lipinski definition) is 0. The first-order valence-corrected chi connectivity index (χ1v) is 11.1. The van der Waals surface area contributed by atoms with E-state index in [9.17, 15) is 4.79 Å². The topological polar surface area (TPSA) is 69.8 Å². The first-order valence-electron chi connectivity index (χ1n) is 11.1. The van der Waals surface area contributed by atoms with Gasteiger partial charge in [0.2, 0.25) is 0 Å². The first-order chi connectivity index (χ1) is 15.2. The van der Waals surface area contributed by atoms with Crippen molar-refractivity contribution in [3.8, 4) is 11.5 Å². The van der Waals surface area contributed by atoms with Crippen LogP contribution >= 0.6 is 0 Å². The van der Waals surface area contributed by atoms with Crippen LogP contribution in [0.25, 0.3) is 0 Å². The smallest absolute Gasteiger partial charge is 0.339 e. The molecule has 2 atom stereocenters. The first kappa shape index (κ1) is 20.3. The van der Waals surface area contributed by atoms with E-state index in [1.165, 1.54) is 6.42 Å². The van der Waals surface area contributed by atoms with Crippen LogP contribution in [0.2, 0.25) is 0 Å². The molecule has 1 saturated carbocycles. The molecule has 164 valence electrons. The maximum atomic E-state index is 13.0. The third kappa shape index (κ3) is 5.20. The number of carbonyl (C=O) groups is 1. The summed E-state index contributed by atoms with van der Waals surface area (Å²) in [7, 11) is 0. The lowest BCUT2D eigenvalue weighted by atomic mass is 9.79. The monoisotopic (exact) mass is 424 g/mol. The number of rotatable bonds is 9. The highest BCUT2D eigenvalue weighted by Gasteiger charge is 2.38. The van der Waals surface area contributed by atoms with Gasteiger partial charge < -0.3 is 23.7 Å². The van der Waals surface area contributed by atoms with Crippen molar-refractivity contribution in [1.29, 1.82) is 0 Å². The Labute approximate surface area is 182 Å². The van der Waals surface area contributed by atoms with E-state index in [-0.39, 0.29) is 18.2 Å². The van der Waals surface area contributed by atoms with Crippen LogP contribution in [0.5, 0.6) is 11.5 Å². The summed E-state index contributed by atoms with van der Waals surface area (Å²) in [4.78, 5) is 13.0. The Balaban J connectivity index is 1.26. The third-order valence-electron chi connectivity index (χ3n) is 6.10. The molecule has 0 bridgehead atoms. The Morgan fingerprint density at radius 1 is 0.806 bits per heavy atom. The van der Waals surface area contributed by atoms with E-state index in [0.717, 1.165) is 56.0 Å². The molecule has 0 radical (unpaired) electrons. The second kappa shape index (κ2) is 8.89. The highest BCUT2D eigenvalue weighted by Crippen LogP contribution is 2.41. The van der Waals surface area contributed by atoms with E-state index in [4.69, 9.17) is 23.7 Å². The molecule has 2 unspecified atom stereocenters. The van der Waals surface area contributed by atoms with E-state index in [1.54, 1.807) is 12.1 Å². The Morgan fingerprint density at radius 3 is 1.84 bits per heavy atom. The van der Waals surface area contributed by atoms with Crippen LogP contribution < -0.4 is 9.47 Å². The molecule has 2 aromatic carbocycles. The van der Waals surface area contributed by atoms with Gasteiger partial charge in [-0.2, -0.15) is 0 Å². The second-order valence-electron chi connectivity index (χ2n) is 8.53. The summed E-state index contributed by atoms with van der Waals surface area (Å²) in [6, 6.07) is 15.1. The highest BCUT2D eigenvalue weighted by atomic mass is 16.6. The number of ether oxygens (including phenoxy) is 5. The van der Waals surface area contributed by atoms with Gasteiger partial charge in [-0.1, -0.05) is 18.6 Å². The largest absolute Gasteiger partial charge is 0.491 e. The van der Waals surface area contributed by atoms with Crippen molar-refractivity contribution in [2.75, 3.05) is 26.4 Å². The van der Waals surface area contributed by atoms with Gasteiger partial charge in [-0.3, -0.25) is 0 Å². The molecular formula is C25H28O6. The zero-order valence-electron chi connectivity index (χ0n) is 17.6. The van der Waals surface area contributed by atoms with Crippen molar-refractivity contribution in [3.63, 3.8) is 0 Å². The highest BCUT2D eigenvalue weighted by molar-refractivity contribution is 5.90. The summed E-state index contributed by atoms with van der Waals surface area (Å²) in [6.07, 6.45) is 5.34. The maximum Gasteiger partial charge on any atom is 0.339 e. The quantitative estimate of drug-likeness (QED) is 0.443. The van der Waals surface area contributed by atoms with Gasteiger partial charge in [0, 0.05) is 0 Å². The lowest BCUT2D eigenvalue weighted by Crippen LogP contribution is -2.34. The average Bonchev–Trinajstić information content (AvgIpc) is 3.73. The number of epoxide rings is 2. The number of esters is 1. The Morgan fingerprint density at radius 2 is 1.32 bits per heavy atom. The van der Waals surface area contributed by atoms with Crippen LogP contribution in [0.1, 0.15) is 48.0 Å². The number of hydrogen-bond acceptors (Lipinski definition) is 6. The van der Waals surface area contributed by atoms with Gasteiger partial charge in [-0.25, -0.2) is 4.79 Å². The summed E-state index contributed by atoms with van der Waals surface area (Å²) in [5, 5.41) is 0. The van der Waals surface area contributed by atoms with Crippen molar-refractivity contribution in [1.82, 2.24) is 0 Å². The van der Waals surface area contributed by atoms with Crippen molar-refractivity contribution < 1.29 is 28.5 Å². The minimum Gasteiger partial charge on any atom is -0.491 e. The molecule has 2 heterocycles. The molecule has 0 amide bonds. The van der Waals surface area contributed by atoms with E-state index in [0.29, 0.717) is 18.8 Å². The molecule has 6 heteroatoms. The fraction of sp³-hybridized carbons (Fsp3) is 0.480. The molecule has 6 nitrogen and oxygen atoms in total. The minimum atomic E-state index is -0.591. The van der Waals surface area contributed by atoms with Gasteiger partial charge in [0.25, 0.3) is 0 Å². The molecule has 31 heavy (non-hydrogen) atoms. The molecular weight excluding hydrogens is 396 g/mol. The summed E-state index contributed by atoms with van der Waals surface area (Å²) in [5.41, 5.74) is 0.968. The van der Waals surface area contributed by atoms with Gasteiger partial charge in [0.05, 0.1) is 18.8 Å².